The summed E-state index contributed by atoms with van der Waals surface area (Å²) in [5.41, 5.74) is 0.529. The zero-order valence-electron chi connectivity index (χ0n) is 10.5. The normalized spacial score (nSPS) is 10.8. The van der Waals surface area contributed by atoms with E-state index in [1.165, 1.54) is 12.1 Å². The summed E-state index contributed by atoms with van der Waals surface area (Å²) in [4.78, 5) is 11.9. The van der Waals surface area contributed by atoms with Crippen LogP contribution in [0.3, 0.4) is 0 Å². The molecule has 0 spiro atoms. The summed E-state index contributed by atoms with van der Waals surface area (Å²) in [5, 5.41) is 3.01. The molecule has 0 aromatic heterocycles. The second kappa shape index (κ2) is 7.51. The lowest BCUT2D eigenvalue weighted by molar-refractivity contribution is 0.0991. The molecular weight excluding hydrogens is 274 g/mol. The van der Waals surface area contributed by atoms with Gasteiger partial charge in [0.05, 0.1) is 11.4 Å². The van der Waals surface area contributed by atoms with E-state index in [4.69, 9.17) is 0 Å². The molecule has 1 rings (SSSR count). The minimum Gasteiger partial charge on any atom is -0.310 e. The first-order valence-corrected chi connectivity index (χ1v) is 7.38. The molecule has 18 heavy (non-hydrogen) atoms. The van der Waals surface area contributed by atoms with Crippen LogP contribution in [0, 0.1) is 0 Å². The number of ketones is 1. The molecule has 6 heteroatoms. The number of rotatable bonds is 6. The number of hydrogen-bond donors (Lipinski definition) is 1. The SMILES string of the molecule is CCCNCC(=O)c1ccc(S(C)(=O)=O)cc1.Cl. The Morgan fingerprint density at radius 1 is 1.22 bits per heavy atom. The molecule has 1 aromatic rings. The predicted octanol–water partition coefficient (Wildman–Crippen LogP) is 1.69. The Hall–Kier alpha value is -0.910. The fourth-order valence-electron chi connectivity index (χ4n) is 1.37. The molecule has 0 saturated carbocycles. The Balaban J connectivity index is 0.00000289. The fourth-order valence-corrected chi connectivity index (χ4v) is 2.00. The van der Waals surface area contributed by atoms with Crippen molar-refractivity contribution in [2.45, 2.75) is 18.2 Å². The molecule has 0 aliphatic heterocycles. The number of Topliss-reactive ketones (excluding diaryl/α,β-unsaturated/α-hetero) is 1. The van der Waals surface area contributed by atoms with Crippen LogP contribution in [0.15, 0.2) is 29.2 Å². The van der Waals surface area contributed by atoms with Gasteiger partial charge in [-0.1, -0.05) is 19.1 Å². The number of halogens is 1. The lowest BCUT2D eigenvalue weighted by Gasteiger charge is -2.03. The van der Waals surface area contributed by atoms with Crippen LogP contribution >= 0.6 is 12.4 Å². The van der Waals surface area contributed by atoms with Crippen molar-refractivity contribution in [3.05, 3.63) is 29.8 Å². The third kappa shape index (κ3) is 5.16. The van der Waals surface area contributed by atoms with E-state index in [9.17, 15) is 13.2 Å². The maximum Gasteiger partial charge on any atom is 0.176 e. The molecular formula is C12H18ClNO3S. The zero-order valence-corrected chi connectivity index (χ0v) is 12.1. The second-order valence-electron chi connectivity index (χ2n) is 3.90. The standard InChI is InChI=1S/C12H17NO3S.ClH/c1-3-8-13-9-12(14)10-4-6-11(7-5-10)17(2,15)16;/h4-7,13H,3,8-9H2,1-2H3;1H. The average molecular weight is 292 g/mol. The van der Waals surface area contributed by atoms with Crippen LogP contribution < -0.4 is 5.32 Å². The zero-order chi connectivity index (χ0) is 12.9. The van der Waals surface area contributed by atoms with Crippen molar-refractivity contribution < 1.29 is 13.2 Å². The van der Waals surface area contributed by atoms with Gasteiger partial charge >= 0.3 is 0 Å². The molecule has 102 valence electrons. The minimum absolute atomic E-state index is 0. The van der Waals surface area contributed by atoms with Gasteiger partial charge in [0.2, 0.25) is 0 Å². The van der Waals surface area contributed by atoms with Gasteiger partial charge in [0.1, 0.15) is 0 Å². The summed E-state index contributed by atoms with van der Waals surface area (Å²) >= 11 is 0. The Morgan fingerprint density at radius 3 is 2.22 bits per heavy atom. The van der Waals surface area contributed by atoms with Gasteiger partial charge in [-0.15, -0.1) is 12.4 Å². The van der Waals surface area contributed by atoms with Crippen LogP contribution in [0.25, 0.3) is 0 Å². The highest BCUT2D eigenvalue weighted by Crippen LogP contribution is 2.10. The number of carbonyl (C=O) groups excluding carboxylic acids is 1. The van der Waals surface area contributed by atoms with Gasteiger partial charge in [0.25, 0.3) is 0 Å². The summed E-state index contributed by atoms with van der Waals surface area (Å²) in [7, 11) is -3.19. The van der Waals surface area contributed by atoms with Crippen molar-refractivity contribution >= 4 is 28.0 Å². The largest absolute Gasteiger partial charge is 0.310 e. The Kier molecular flexibility index (Phi) is 7.13. The minimum atomic E-state index is -3.19. The van der Waals surface area contributed by atoms with Crippen molar-refractivity contribution in [1.29, 1.82) is 0 Å². The van der Waals surface area contributed by atoms with E-state index < -0.39 is 9.84 Å². The first-order valence-electron chi connectivity index (χ1n) is 5.49. The number of carbonyl (C=O) groups is 1. The van der Waals surface area contributed by atoms with E-state index in [1.807, 2.05) is 6.92 Å². The molecule has 0 bridgehead atoms. The number of sulfone groups is 1. The van der Waals surface area contributed by atoms with Crippen LogP contribution in [-0.2, 0) is 9.84 Å². The second-order valence-corrected chi connectivity index (χ2v) is 5.91. The lowest BCUT2D eigenvalue weighted by atomic mass is 10.1. The summed E-state index contributed by atoms with van der Waals surface area (Å²) in [6.45, 7) is 3.11. The van der Waals surface area contributed by atoms with Crippen LogP contribution in [0.1, 0.15) is 23.7 Å². The maximum atomic E-state index is 11.7. The summed E-state index contributed by atoms with van der Waals surface area (Å²) < 4.78 is 22.5. The van der Waals surface area contributed by atoms with Gasteiger partial charge in [0.15, 0.2) is 15.6 Å². The van der Waals surface area contributed by atoms with Crippen molar-refractivity contribution in [2.24, 2.45) is 0 Å². The summed E-state index contributed by atoms with van der Waals surface area (Å²) in [6, 6.07) is 6.02. The summed E-state index contributed by atoms with van der Waals surface area (Å²) in [6.07, 6.45) is 2.12. The molecule has 0 fully saturated rings. The van der Waals surface area contributed by atoms with Gasteiger partial charge < -0.3 is 5.32 Å². The molecule has 0 radical (unpaired) electrons. The van der Waals surface area contributed by atoms with Gasteiger partial charge in [0, 0.05) is 11.8 Å². The lowest BCUT2D eigenvalue weighted by Crippen LogP contribution is -2.23. The van der Waals surface area contributed by atoms with Crippen molar-refractivity contribution in [3.8, 4) is 0 Å². The van der Waals surface area contributed by atoms with E-state index in [-0.39, 0.29) is 29.6 Å². The molecule has 4 nitrogen and oxygen atoms in total. The Bertz CT molecular complexity index is 483. The quantitative estimate of drug-likeness (QED) is 0.640. The number of hydrogen-bond acceptors (Lipinski definition) is 4. The molecule has 1 N–H and O–H groups in total. The number of nitrogens with one attached hydrogen (secondary N) is 1. The van der Waals surface area contributed by atoms with Gasteiger partial charge in [-0.2, -0.15) is 0 Å². The van der Waals surface area contributed by atoms with Crippen molar-refractivity contribution in [1.82, 2.24) is 5.32 Å². The Morgan fingerprint density at radius 2 is 1.78 bits per heavy atom. The maximum absolute atomic E-state index is 11.7. The first-order chi connectivity index (χ1) is 7.95. The molecule has 0 saturated heterocycles. The van der Waals surface area contributed by atoms with E-state index in [1.54, 1.807) is 12.1 Å². The average Bonchev–Trinajstić information content (AvgIpc) is 2.28. The van der Waals surface area contributed by atoms with E-state index in [0.717, 1.165) is 19.2 Å². The fraction of sp³-hybridized carbons (Fsp3) is 0.417. The predicted molar refractivity (Wildman–Crippen MR) is 74.3 cm³/mol. The van der Waals surface area contributed by atoms with Crippen LogP contribution in [0.2, 0.25) is 0 Å². The van der Waals surface area contributed by atoms with Crippen LogP contribution in [-0.4, -0.2) is 33.5 Å². The van der Waals surface area contributed by atoms with Gasteiger partial charge in [-0.3, -0.25) is 4.79 Å². The van der Waals surface area contributed by atoms with Crippen molar-refractivity contribution in [2.75, 3.05) is 19.3 Å². The van der Waals surface area contributed by atoms with Crippen LogP contribution in [0.5, 0.6) is 0 Å². The molecule has 0 atom stereocenters. The molecule has 0 unspecified atom stereocenters. The van der Waals surface area contributed by atoms with E-state index in [2.05, 4.69) is 5.32 Å². The third-order valence-corrected chi connectivity index (χ3v) is 3.45. The van der Waals surface area contributed by atoms with E-state index >= 15 is 0 Å². The Labute approximate surface area is 114 Å². The highest BCUT2D eigenvalue weighted by molar-refractivity contribution is 7.90. The first kappa shape index (κ1) is 17.1. The smallest absolute Gasteiger partial charge is 0.176 e. The van der Waals surface area contributed by atoms with Crippen molar-refractivity contribution in [3.63, 3.8) is 0 Å². The van der Waals surface area contributed by atoms with Gasteiger partial charge in [-0.05, 0) is 25.1 Å². The monoisotopic (exact) mass is 291 g/mol. The highest BCUT2D eigenvalue weighted by Gasteiger charge is 2.09. The molecule has 0 amide bonds. The van der Waals surface area contributed by atoms with Crippen LogP contribution in [0.4, 0.5) is 0 Å². The summed E-state index contributed by atoms with van der Waals surface area (Å²) in [5.74, 6) is -0.0292. The molecule has 0 heterocycles. The number of benzene rings is 1. The van der Waals surface area contributed by atoms with Gasteiger partial charge in [-0.25, -0.2) is 8.42 Å². The molecule has 1 aromatic carbocycles. The molecule has 0 aliphatic carbocycles. The van der Waals surface area contributed by atoms with E-state index in [0.29, 0.717) is 5.56 Å². The third-order valence-electron chi connectivity index (χ3n) is 2.32. The highest BCUT2D eigenvalue weighted by atomic mass is 35.5. The molecule has 0 aliphatic rings. The topological polar surface area (TPSA) is 63.2 Å².